The predicted octanol–water partition coefficient (Wildman–Crippen LogP) is 1.14. The highest BCUT2D eigenvalue weighted by atomic mass is 35.5. The second-order valence-electron chi connectivity index (χ2n) is 2.26. The average Bonchev–Trinajstić information content (AvgIpc) is 2.14. The zero-order chi connectivity index (χ0) is 12.3. The van der Waals surface area contributed by atoms with Gasteiger partial charge in [0.1, 0.15) is 5.15 Å². The van der Waals surface area contributed by atoms with Crippen molar-refractivity contribution < 1.29 is 8.91 Å². The van der Waals surface area contributed by atoms with Gasteiger partial charge in [-0.3, -0.25) is 4.79 Å². The quantitative estimate of drug-likeness (QED) is 0.708. The first kappa shape index (κ1) is 6.21. The van der Waals surface area contributed by atoms with E-state index >= 15 is 0 Å². The lowest BCUT2D eigenvalue weighted by molar-refractivity contribution is 0.0963. The SMILES string of the molecule is [2H]C([2H])([2H])NC(=O)c1cnc(Cl)cc1NC. The number of halogens is 1. The lowest BCUT2D eigenvalue weighted by Crippen LogP contribution is -2.19. The first-order valence-electron chi connectivity index (χ1n) is 4.99. The Labute approximate surface area is 85.5 Å². The van der Waals surface area contributed by atoms with Crippen LogP contribution in [0.4, 0.5) is 5.69 Å². The Morgan fingerprint density at radius 2 is 2.54 bits per heavy atom. The minimum atomic E-state index is -2.53. The maximum Gasteiger partial charge on any atom is 0.254 e. The van der Waals surface area contributed by atoms with Gasteiger partial charge in [-0.25, -0.2) is 4.98 Å². The van der Waals surface area contributed by atoms with Gasteiger partial charge in [-0.2, -0.15) is 0 Å². The van der Waals surface area contributed by atoms with Gasteiger partial charge in [-0.05, 0) is 6.07 Å². The normalized spacial score (nSPS) is 13.8. The third kappa shape index (κ3) is 2.09. The molecule has 1 aromatic rings. The Morgan fingerprint density at radius 1 is 1.77 bits per heavy atom. The van der Waals surface area contributed by atoms with Gasteiger partial charge in [0.15, 0.2) is 0 Å². The summed E-state index contributed by atoms with van der Waals surface area (Å²) in [4.78, 5) is 15.3. The molecule has 2 N–H and O–H groups in total. The zero-order valence-corrected chi connectivity index (χ0v) is 7.64. The maximum atomic E-state index is 11.6. The molecule has 0 unspecified atom stereocenters. The van der Waals surface area contributed by atoms with E-state index in [2.05, 4.69) is 10.3 Å². The number of hydrogen-bond donors (Lipinski definition) is 2. The fourth-order valence-electron chi connectivity index (χ4n) is 0.885. The molecule has 13 heavy (non-hydrogen) atoms. The maximum absolute atomic E-state index is 11.6. The van der Waals surface area contributed by atoms with Gasteiger partial charge < -0.3 is 10.6 Å². The Morgan fingerprint density at radius 3 is 3.15 bits per heavy atom. The lowest BCUT2D eigenvalue weighted by Gasteiger charge is -2.06. The third-order valence-corrected chi connectivity index (χ3v) is 1.70. The first-order valence-corrected chi connectivity index (χ1v) is 3.87. The molecule has 0 aromatic carbocycles. The summed E-state index contributed by atoms with van der Waals surface area (Å²) in [5, 5.41) is 4.82. The number of carbonyl (C=O) groups is 1. The number of amides is 1. The Balaban J connectivity index is 2.99. The summed E-state index contributed by atoms with van der Waals surface area (Å²) in [6.45, 7) is -2.53. The van der Waals surface area contributed by atoms with Gasteiger partial charge in [-0.1, -0.05) is 11.6 Å². The molecule has 70 valence electrons. The van der Waals surface area contributed by atoms with Crippen LogP contribution < -0.4 is 10.6 Å². The Kier molecular flexibility index (Phi) is 1.95. The molecule has 1 amide bonds. The summed E-state index contributed by atoms with van der Waals surface area (Å²) in [5.41, 5.74) is 0.546. The standard InChI is InChI=1S/C8H10ClN3O/c1-10-6-3-7(9)12-4-5(6)8(13)11-2/h3-4H,1-2H3,(H,10,12)(H,11,13)/i2D3. The number of carbonyl (C=O) groups excluding carboxylic acids is 1. The number of rotatable bonds is 2. The van der Waals surface area contributed by atoms with Gasteiger partial charge in [0.25, 0.3) is 5.91 Å². The molecule has 0 radical (unpaired) electrons. The van der Waals surface area contributed by atoms with E-state index in [0.717, 1.165) is 0 Å². The highest BCUT2D eigenvalue weighted by Gasteiger charge is 2.09. The molecule has 0 spiro atoms. The van der Waals surface area contributed by atoms with Crippen molar-refractivity contribution in [3.05, 3.63) is 23.0 Å². The zero-order valence-electron chi connectivity index (χ0n) is 9.89. The van der Waals surface area contributed by atoms with E-state index in [9.17, 15) is 4.79 Å². The largest absolute Gasteiger partial charge is 0.387 e. The summed E-state index contributed by atoms with van der Waals surface area (Å²) in [5.74, 6) is -0.728. The molecule has 0 saturated heterocycles. The molecule has 0 fully saturated rings. The summed E-state index contributed by atoms with van der Waals surface area (Å²) in [7, 11) is 1.60. The van der Waals surface area contributed by atoms with Crippen LogP contribution in [-0.4, -0.2) is 24.9 Å². The molecule has 1 heterocycles. The average molecular weight is 203 g/mol. The smallest absolute Gasteiger partial charge is 0.254 e. The monoisotopic (exact) mass is 202 g/mol. The molecular weight excluding hydrogens is 190 g/mol. The van der Waals surface area contributed by atoms with E-state index < -0.39 is 12.9 Å². The van der Waals surface area contributed by atoms with Crippen molar-refractivity contribution in [3.63, 3.8) is 0 Å². The second-order valence-corrected chi connectivity index (χ2v) is 2.64. The minimum absolute atomic E-state index is 0.128. The van der Waals surface area contributed by atoms with Crippen molar-refractivity contribution in [2.45, 2.75) is 0 Å². The molecule has 0 aliphatic carbocycles. The molecule has 5 heteroatoms. The molecule has 0 aliphatic heterocycles. The van der Waals surface area contributed by atoms with E-state index in [-0.39, 0.29) is 10.7 Å². The summed E-state index contributed by atoms with van der Waals surface area (Å²) in [6, 6.07) is 1.44. The topological polar surface area (TPSA) is 54.0 Å². The number of pyridine rings is 1. The lowest BCUT2D eigenvalue weighted by atomic mass is 10.2. The highest BCUT2D eigenvalue weighted by Crippen LogP contribution is 2.17. The van der Waals surface area contributed by atoms with Crippen LogP contribution in [0.15, 0.2) is 12.3 Å². The van der Waals surface area contributed by atoms with Crippen LogP contribution >= 0.6 is 11.6 Å². The molecule has 0 bridgehead atoms. The summed E-state index contributed by atoms with van der Waals surface area (Å²) >= 11 is 5.64. The second kappa shape index (κ2) is 4.09. The minimum Gasteiger partial charge on any atom is -0.387 e. The predicted molar refractivity (Wildman–Crippen MR) is 52.2 cm³/mol. The van der Waals surface area contributed by atoms with E-state index in [4.69, 9.17) is 15.7 Å². The van der Waals surface area contributed by atoms with Gasteiger partial charge in [0, 0.05) is 24.3 Å². The highest BCUT2D eigenvalue weighted by molar-refractivity contribution is 6.29. The van der Waals surface area contributed by atoms with Gasteiger partial charge in [-0.15, -0.1) is 0 Å². The Hall–Kier alpha value is -1.29. The fourth-order valence-corrected chi connectivity index (χ4v) is 1.04. The van der Waals surface area contributed by atoms with Crippen molar-refractivity contribution in [2.75, 3.05) is 19.3 Å². The summed E-state index contributed by atoms with van der Waals surface area (Å²) < 4.78 is 20.7. The Bertz CT molecular complexity index is 408. The molecule has 0 aliphatic rings. The summed E-state index contributed by atoms with van der Waals surface area (Å²) in [6.07, 6.45) is 1.22. The van der Waals surface area contributed by atoms with Crippen molar-refractivity contribution in [3.8, 4) is 0 Å². The number of nitrogens with zero attached hydrogens (tertiary/aromatic N) is 1. The van der Waals surface area contributed by atoms with Gasteiger partial charge >= 0.3 is 0 Å². The molecule has 0 atom stereocenters. The molecule has 4 nitrogen and oxygen atoms in total. The van der Waals surface area contributed by atoms with Crippen molar-refractivity contribution >= 4 is 23.2 Å². The van der Waals surface area contributed by atoms with Crippen LogP contribution in [0.2, 0.25) is 5.15 Å². The van der Waals surface area contributed by atoms with Crippen LogP contribution in [0.25, 0.3) is 0 Å². The van der Waals surface area contributed by atoms with Crippen LogP contribution in [0, 0.1) is 0 Å². The number of aromatic nitrogens is 1. The van der Waals surface area contributed by atoms with Crippen LogP contribution in [0.5, 0.6) is 0 Å². The van der Waals surface area contributed by atoms with Crippen molar-refractivity contribution in [1.29, 1.82) is 0 Å². The van der Waals surface area contributed by atoms with E-state index in [1.165, 1.54) is 12.3 Å². The van der Waals surface area contributed by atoms with Gasteiger partial charge in [0.05, 0.1) is 11.3 Å². The van der Waals surface area contributed by atoms with Crippen LogP contribution in [0.3, 0.4) is 0 Å². The third-order valence-electron chi connectivity index (χ3n) is 1.50. The number of hydrogen-bond acceptors (Lipinski definition) is 3. The first-order chi connectivity index (χ1) is 7.33. The molecule has 1 rings (SSSR count). The number of nitrogens with one attached hydrogen (secondary N) is 2. The fraction of sp³-hybridized carbons (Fsp3) is 0.250. The molecule has 1 aromatic heterocycles. The van der Waals surface area contributed by atoms with Crippen LogP contribution in [-0.2, 0) is 0 Å². The molecule has 0 saturated carbocycles. The molecular formula is C8H10ClN3O. The van der Waals surface area contributed by atoms with E-state index in [1.807, 2.05) is 5.32 Å². The van der Waals surface area contributed by atoms with Crippen molar-refractivity contribution in [1.82, 2.24) is 10.3 Å². The van der Waals surface area contributed by atoms with Crippen molar-refractivity contribution in [2.24, 2.45) is 0 Å². The van der Waals surface area contributed by atoms with E-state index in [0.29, 0.717) is 5.69 Å². The number of anilines is 1. The van der Waals surface area contributed by atoms with Crippen LogP contribution in [0.1, 0.15) is 14.5 Å². The van der Waals surface area contributed by atoms with E-state index in [1.54, 1.807) is 7.05 Å². The van der Waals surface area contributed by atoms with Gasteiger partial charge in [0.2, 0.25) is 0 Å².